The predicted octanol–water partition coefficient (Wildman–Crippen LogP) is 1.79. The van der Waals surface area contributed by atoms with Gasteiger partial charge in [-0.25, -0.2) is 9.78 Å². The molecule has 5 heteroatoms. The largest absolute Gasteiger partial charge is 0.507 e. The molecular formula is C11H10N2O3. The van der Waals surface area contributed by atoms with Gasteiger partial charge in [-0.3, -0.25) is 0 Å². The van der Waals surface area contributed by atoms with Crippen molar-refractivity contribution in [1.82, 2.24) is 9.97 Å². The lowest BCUT2D eigenvalue weighted by Gasteiger charge is -2.03. The lowest BCUT2D eigenvalue weighted by Crippen LogP contribution is -1.97. The van der Waals surface area contributed by atoms with Crippen LogP contribution in [0.2, 0.25) is 0 Å². The number of aryl methyl sites for hydroxylation is 1. The van der Waals surface area contributed by atoms with Gasteiger partial charge in [-0.1, -0.05) is 0 Å². The molecule has 0 aliphatic rings. The molecule has 1 heterocycles. The minimum Gasteiger partial charge on any atom is -0.507 e. The number of carbonyl (C=O) groups is 1. The molecule has 0 bridgehead atoms. The van der Waals surface area contributed by atoms with Crippen molar-refractivity contribution < 1.29 is 15.0 Å². The number of nitrogens with zero attached hydrogens (tertiary/aromatic N) is 1. The highest BCUT2D eigenvalue weighted by Gasteiger charge is 2.12. The molecule has 1 aromatic carbocycles. The summed E-state index contributed by atoms with van der Waals surface area (Å²) in [4.78, 5) is 17.8. The first-order chi connectivity index (χ1) is 7.59. The molecule has 16 heavy (non-hydrogen) atoms. The fourth-order valence-electron chi connectivity index (χ4n) is 1.50. The van der Waals surface area contributed by atoms with Gasteiger partial charge in [0, 0.05) is 11.3 Å². The molecule has 0 saturated carbocycles. The van der Waals surface area contributed by atoms with Gasteiger partial charge in [-0.05, 0) is 25.1 Å². The highest BCUT2D eigenvalue weighted by molar-refractivity contribution is 5.92. The summed E-state index contributed by atoms with van der Waals surface area (Å²) in [5, 5.41) is 18.2. The molecule has 0 radical (unpaired) electrons. The minimum atomic E-state index is -1.16. The number of phenols is 1. The maximum Gasteiger partial charge on any atom is 0.339 e. The Bertz CT molecular complexity index is 546. The van der Waals surface area contributed by atoms with Gasteiger partial charge in [0.1, 0.15) is 11.3 Å². The van der Waals surface area contributed by atoms with Crippen molar-refractivity contribution in [3.05, 3.63) is 35.8 Å². The second-order valence-electron chi connectivity index (χ2n) is 3.41. The summed E-state index contributed by atoms with van der Waals surface area (Å²) < 4.78 is 0. The van der Waals surface area contributed by atoms with Crippen LogP contribution in [-0.2, 0) is 0 Å². The molecule has 0 aliphatic heterocycles. The average molecular weight is 218 g/mol. The van der Waals surface area contributed by atoms with Gasteiger partial charge in [-0.2, -0.15) is 0 Å². The van der Waals surface area contributed by atoms with Gasteiger partial charge in [0.05, 0.1) is 12.0 Å². The first-order valence-corrected chi connectivity index (χ1v) is 4.66. The molecule has 2 rings (SSSR count). The number of aromatic amines is 1. The normalized spacial score (nSPS) is 10.3. The van der Waals surface area contributed by atoms with Gasteiger partial charge in [0.25, 0.3) is 0 Å². The number of aromatic nitrogens is 2. The van der Waals surface area contributed by atoms with Crippen molar-refractivity contribution in [2.75, 3.05) is 0 Å². The Hall–Kier alpha value is -2.30. The van der Waals surface area contributed by atoms with Gasteiger partial charge in [-0.15, -0.1) is 0 Å². The zero-order chi connectivity index (χ0) is 11.7. The van der Waals surface area contributed by atoms with Crippen molar-refractivity contribution in [2.24, 2.45) is 0 Å². The third-order valence-corrected chi connectivity index (χ3v) is 2.33. The molecule has 0 atom stereocenters. The lowest BCUT2D eigenvalue weighted by molar-refractivity contribution is 0.0694. The number of carboxylic acids is 1. The second kappa shape index (κ2) is 3.69. The molecule has 2 aromatic rings. The molecule has 5 nitrogen and oxygen atoms in total. The monoisotopic (exact) mass is 218 g/mol. The van der Waals surface area contributed by atoms with Crippen LogP contribution >= 0.6 is 0 Å². The number of hydrogen-bond donors (Lipinski definition) is 3. The van der Waals surface area contributed by atoms with E-state index in [4.69, 9.17) is 5.11 Å². The Balaban J connectivity index is 2.56. The Morgan fingerprint density at radius 1 is 1.44 bits per heavy atom. The van der Waals surface area contributed by atoms with E-state index in [-0.39, 0.29) is 11.3 Å². The zero-order valence-electron chi connectivity index (χ0n) is 8.56. The van der Waals surface area contributed by atoms with Crippen molar-refractivity contribution in [1.29, 1.82) is 0 Å². The van der Waals surface area contributed by atoms with E-state index in [0.717, 1.165) is 5.69 Å². The van der Waals surface area contributed by atoms with Gasteiger partial charge in [0.2, 0.25) is 0 Å². The smallest absolute Gasteiger partial charge is 0.339 e. The summed E-state index contributed by atoms with van der Waals surface area (Å²) in [5.74, 6) is -1.41. The van der Waals surface area contributed by atoms with Crippen LogP contribution in [0.15, 0.2) is 24.5 Å². The number of carboxylic acid groups (broad SMARTS) is 1. The van der Waals surface area contributed by atoms with E-state index < -0.39 is 5.97 Å². The third-order valence-electron chi connectivity index (χ3n) is 2.33. The highest BCUT2D eigenvalue weighted by atomic mass is 16.4. The molecule has 82 valence electrons. The van der Waals surface area contributed by atoms with Crippen molar-refractivity contribution >= 4 is 5.97 Å². The summed E-state index contributed by atoms with van der Waals surface area (Å²) in [5.41, 5.74) is 2.07. The molecule has 0 saturated heterocycles. The van der Waals surface area contributed by atoms with E-state index in [9.17, 15) is 9.90 Å². The number of aromatic hydroxyl groups is 1. The van der Waals surface area contributed by atoms with E-state index in [1.54, 1.807) is 6.07 Å². The Kier molecular flexibility index (Phi) is 2.36. The molecular weight excluding hydrogens is 208 g/mol. The van der Waals surface area contributed by atoms with Crippen LogP contribution in [-0.4, -0.2) is 26.2 Å². The minimum absolute atomic E-state index is 0.125. The number of aromatic carboxylic acids is 1. The van der Waals surface area contributed by atoms with E-state index in [2.05, 4.69) is 9.97 Å². The summed E-state index contributed by atoms with van der Waals surface area (Å²) in [6.07, 6.45) is 1.54. The van der Waals surface area contributed by atoms with Gasteiger partial charge < -0.3 is 15.2 Å². The molecule has 0 fully saturated rings. The summed E-state index contributed by atoms with van der Waals surface area (Å²) in [7, 11) is 0. The Morgan fingerprint density at radius 3 is 2.75 bits per heavy atom. The van der Waals surface area contributed by atoms with E-state index in [1.165, 1.54) is 18.5 Å². The number of benzene rings is 1. The van der Waals surface area contributed by atoms with Crippen LogP contribution in [0.25, 0.3) is 11.3 Å². The molecule has 1 aromatic heterocycles. The quantitative estimate of drug-likeness (QED) is 0.717. The van der Waals surface area contributed by atoms with E-state index in [0.29, 0.717) is 11.3 Å². The van der Waals surface area contributed by atoms with Crippen LogP contribution in [0.1, 0.15) is 16.1 Å². The molecule has 0 aliphatic carbocycles. The number of H-pyrrole nitrogens is 1. The first kappa shape index (κ1) is 10.2. The van der Waals surface area contributed by atoms with Gasteiger partial charge in [0.15, 0.2) is 0 Å². The predicted molar refractivity (Wildman–Crippen MR) is 57.4 cm³/mol. The number of nitrogens with one attached hydrogen (secondary N) is 1. The van der Waals surface area contributed by atoms with Crippen LogP contribution < -0.4 is 0 Å². The average Bonchev–Trinajstić information content (AvgIpc) is 2.65. The fourth-order valence-corrected chi connectivity index (χ4v) is 1.50. The van der Waals surface area contributed by atoms with Crippen LogP contribution in [0.4, 0.5) is 0 Å². The maximum absolute atomic E-state index is 10.8. The number of imidazole rings is 1. The van der Waals surface area contributed by atoms with Crippen molar-refractivity contribution in [2.45, 2.75) is 6.92 Å². The zero-order valence-corrected chi connectivity index (χ0v) is 8.56. The highest BCUT2D eigenvalue weighted by Crippen LogP contribution is 2.26. The van der Waals surface area contributed by atoms with Crippen LogP contribution in [0, 0.1) is 6.92 Å². The Labute approximate surface area is 91.4 Å². The van der Waals surface area contributed by atoms with E-state index >= 15 is 0 Å². The number of hydrogen-bond acceptors (Lipinski definition) is 3. The second-order valence-corrected chi connectivity index (χ2v) is 3.41. The van der Waals surface area contributed by atoms with E-state index in [1.807, 2.05) is 6.92 Å². The number of rotatable bonds is 2. The summed E-state index contributed by atoms with van der Waals surface area (Å²) in [6.45, 7) is 1.84. The van der Waals surface area contributed by atoms with Crippen molar-refractivity contribution in [3.63, 3.8) is 0 Å². The molecule has 0 spiro atoms. The topological polar surface area (TPSA) is 86.2 Å². The SMILES string of the molecule is Cc1[nH]cnc1-c1ccc(O)c(C(=O)O)c1. The van der Waals surface area contributed by atoms with Gasteiger partial charge >= 0.3 is 5.97 Å². The van der Waals surface area contributed by atoms with Crippen LogP contribution in [0.5, 0.6) is 5.75 Å². The van der Waals surface area contributed by atoms with Crippen LogP contribution in [0.3, 0.4) is 0 Å². The van der Waals surface area contributed by atoms with Crippen molar-refractivity contribution in [3.8, 4) is 17.0 Å². The summed E-state index contributed by atoms with van der Waals surface area (Å²) >= 11 is 0. The molecule has 3 N–H and O–H groups in total. The summed E-state index contributed by atoms with van der Waals surface area (Å²) in [6, 6.07) is 4.39. The third kappa shape index (κ3) is 1.63. The maximum atomic E-state index is 10.8. The lowest BCUT2D eigenvalue weighted by atomic mass is 10.1. The molecule has 0 unspecified atom stereocenters. The fraction of sp³-hybridized carbons (Fsp3) is 0.0909. The standard InChI is InChI=1S/C11H10N2O3/c1-6-10(13-5-12-6)7-2-3-9(14)8(4-7)11(15)16/h2-5,14H,1H3,(H,12,13)(H,15,16). The Morgan fingerprint density at radius 2 is 2.19 bits per heavy atom. The molecule has 0 amide bonds. The first-order valence-electron chi connectivity index (χ1n) is 4.66.